The van der Waals surface area contributed by atoms with Crippen molar-refractivity contribution in [1.29, 1.82) is 0 Å². The number of aryl methyl sites for hydroxylation is 1. The van der Waals surface area contributed by atoms with Crippen molar-refractivity contribution in [2.75, 3.05) is 20.3 Å². The first kappa shape index (κ1) is 14.3. The predicted molar refractivity (Wildman–Crippen MR) is 77.0 cm³/mol. The van der Waals surface area contributed by atoms with Gasteiger partial charge in [-0.3, -0.25) is 0 Å². The molecule has 0 saturated carbocycles. The fourth-order valence-corrected chi connectivity index (χ4v) is 1.79. The van der Waals surface area contributed by atoms with Crippen LogP contribution in [0.1, 0.15) is 11.5 Å². The Morgan fingerprint density at radius 1 is 1.15 bits per heavy atom. The number of para-hydroxylation sites is 2. The zero-order chi connectivity index (χ0) is 14.2. The number of rotatable bonds is 7. The summed E-state index contributed by atoms with van der Waals surface area (Å²) >= 11 is 0. The summed E-state index contributed by atoms with van der Waals surface area (Å²) in [7, 11) is 1.64. The molecule has 2 aromatic rings. The van der Waals surface area contributed by atoms with Gasteiger partial charge in [0.15, 0.2) is 11.5 Å². The van der Waals surface area contributed by atoms with Crippen LogP contribution in [-0.2, 0) is 6.54 Å². The Hall–Kier alpha value is -2.14. The Kier molecular flexibility index (Phi) is 5.32. The molecule has 0 bridgehead atoms. The maximum absolute atomic E-state index is 5.67. The van der Waals surface area contributed by atoms with Crippen LogP contribution >= 0.6 is 0 Å². The van der Waals surface area contributed by atoms with E-state index in [1.165, 1.54) is 0 Å². The highest BCUT2D eigenvalue weighted by Gasteiger charge is 2.01. The SMILES string of the molecule is COc1ccccc1OCCNCc1ccnc(C)n1. The molecule has 5 nitrogen and oxygen atoms in total. The number of nitrogens with one attached hydrogen (secondary N) is 1. The van der Waals surface area contributed by atoms with Gasteiger partial charge >= 0.3 is 0 Å². The van der Waals surface area contributed by atoms with E-state index in [2.05, 4.69) is 15.3 Å². The van der Waals surface area contributed by atoms with Crippen LogP contribution in [0.5, 0.6) is 11.5 Å². The molecule has 106 valence electrons. The first-order chi connectivity index (χ1) is 9.79. The van der Waals surface area contributed by atoms with E-state index in [0.29, 0.717) is 13.2 Å². The second-order valence-electron chi connectivity index (χ2n) is 4.27. The lowest BCUT2D eigenvalue weighted by Gasteiger charge is -2.10. The van der Waals surface area contributed by atoms with Crippen LogP contribution in [0.2, 0.25) is 0 Å². The van der Waals surface area contributed by atoms with Crippen molar-refractivity contribution in [3.05, 3.63) is 48.0 Å². The van der Waals surface area contributed by atoms with Gasteiger partial charge in [-0.2, -0.15) is 0 Å². The Labute approximate surface area is 119 Å². The third-order valence-electron chi connectivity index (χ3n) is 2.75. The maximum atomic E-state index is 5.67. The predicted octanol–water partition coefficient (Wildman–Crippen LogP) is 1.96. The van der Waals surface area contributed by atoms with E-state index < -0.39 is 0 Å². The number of aromatic nitrogens is 2. The molecule has 0 fully saturated rings. The number of benzene rings is 1. The Bertz CT molecular complexity index is 546. The second-order valence-corrected chi connectivity index (χ2v) is 4.27. The molecule has 0 saturated heterocycles. The minimum absolute atomic E-state index is 0.574. The van der Waals surface area contributed by atoms with E-state index in [1.54, 1.807) is 13.3 Å². The van der Waals surface area contributed by atoms with Crippen molar-refractivity contribution < 1.29 is 9.47 Å². The third-order valence-corrected chi connectivity index (χ3v) is 2.75. The molecule has 1 aromatic heterocycles. The van der Waals surface area contributed by atoms with E-state index in [9.17, 15) is 0 Å². The number of methoxy groups -OCH3 is 1. The average Bonchev–Trinajstić information content (AvgIpc) is 2.47. The average molecular weight is 273 g/mol. The minimum Gasteiger partial charge on any atom is -0.493 e. The fraction of sp³-hybridized carbons (Fsp3) is 0.333. The molecular weight excluding hydrogens is 254 g/mol. The molecule has 0 spiro atoms. The molecule has 1 aromatic carbocycles. The summed E-state index contributed by atoms with van der Waals surface area (Å²) in [6.07, 6.45) is 1.77. The topological polar surface area (TPSA) is 56.3 Å². The van der Waals surface area contributed by atoms with E-state index in [1.807, 2.05) is 37.3 Å². The highest BCUT2D eigenvalue weighted by molar-refractivity contribution is 5.39. The Morgan fingerprint density at radius 3 is 2.70 bits per heavy atom. The van der Waals surface area contributed by atoms with Crippen molar-refractivity contribution in [2.24, 2.45) is 0 Å². The first-order valence-corrected chi connectivity index (χ1v) is 6.54. The summed E-state index contributed by atoms with van der Waals surface area (Å²) in [5.74, 6) is 2.29. The van der Waals surface area contributed by atoms with Crippen molar-refractivity contribution in [1.82, 2.24) is 15.3 Å². The van der Waals surface area contributed by atoms with E-state index in [-0.39, 0.29) is 0 Å². The van der Waals surface area contributed by atoms with Gasteiger partial charge in [0.25, 0.3) is 0 Å². The van der Waals surface area contributed by atoms with Crippen molar-refractivity contribution in [2.45, 2.75) is 13.5 Å². The number of nitrogens with zero attached hydrogens (tertiary/aromatic N) is 2. The quantitative estimate of drug-likeness (QED) is 0.782. The molecule has 0 unspecified atom stereocenters. The van der Waals surface area contributed by atoms with Crippen molar-refractivity contribution in [3.63, 3.8) is 0 Å². The van der Waals surface area contributed by atoms with Crippen LogP contribution in [0.4, 0.5) is 0 Å². The van der Waals surface area contributed by atoms with Gasteiger partial charge in [-0.15, -0.1) is 0 Å². The lowest BCUT2D eigenvalue weighted by Crippen LogP contribution is -2.21. The number of hydrogen-bond donors (Lipinski definition) is 1. The molecule has 0 amide bonds. The van der Waals surface area contributed by atoms with Crippen LogP contribution in [0.3, 0.4) is 0 Å². The monoisotopic (exact) mass is 273 g/mol. The minimum atomic E-state index is 0.574. The molecule has 2 rings (SSSR count). The van der Waals surface area contributed by atoms with Crippen LogP contribution < -0.4 is 14.8 Å². The van der Waals surface area contributed by atoms with Gasteiger partial charge < -0.3 is 14.8 Å². The molecular formula is C15H19N3O2. The molecule has 5 heteroatoms. The molecule has 0 aliphatic carbocycles. The number of ether oxygens (including phenoxy) is 2. The Balaban J connectivity index is 1.71. The van der Waals surface area contributed by atoms with Crippen LogP contribution in [-0.4, -0.2) is 30.2 Å². The summed E-state index contributed by atoms with van der Waals surface area (Å²) in [5.41, 5.74) is 0.981. The largest absolute Gasteiger partial charge is 0.493 e. The summed E-state index contributed by atoms with van der Waals surface area (Å²) in [6, 6.07) is 9.52. The summed E-state index contributed by atoms with van der Waals surface area (Å²) in [4.78, 5) is 8.39. The van der Waals surface area contributed by atoms with E-state index in [4.69, 9.17) is 9.47 Å². The van der Waals surface area contributed by atoms with Gasteiger partial charge in [0.2, 0.25) is 0 Å². The van der Waals surface area contributed by atoms with Gasteiger partial charge in [-0.1, -0.05) is 12.1 Å². The molecule has 20 heavy (non-hydrogen) atoms. The van der Waals surface area contributed by atoms with Gasteiger partial charge in [-0.25, -0.2) is 9.97 Å². The first-order valence-electron chi connectivity index (χ1n) is 6.54. The standard InChI is InChI=1S/C15H19N3O2/c1-12-17-8-7-13(18-12)11-16-9-10-20-15-6-4-3-5-14(15)19-2/h3-8,16H,9-11H2,1-2H3. The summed E-state index contributed by atoms with van der Waals surface area (Å²) < 4.78 is 10.9. The van der Waals surface area contributed by atoms with Crippen LogP contribution in [0.25, 0.3) is 0 Å². The maximum Gasteiger partial charge on any atom is 0.161 e. The zero-order valence-electron chi connectivity index (χ0n) is 11.8. The molecule has 0 aliphatic rings. The normalized spacial score (nSPS) is 10.3. The highest BCUT2D eigenvalue weighted by Crippen LogP contribution is 2.25. The van der Waals surface area contributed by atoms with Gasteiger partial charge in [0.1, 0.15) is 12.4 Å². The van der Waals surface area contributed by atoms with Gasteiger partial charge in [0.05, 0.1) is 12.8 Å². The summed E-state index contributed by atoms with van der Waals surface area (Å²) in [5, 5.41) is 3.28. The van der Waals surface area contributed by atoms with Crippen molar-refractivity contribution >= 4 is 0 Å². The lowest BCUT2D eigenvalue weighted by molar-refractivity contribution is 0.292. The third kappa shape index (κ3) is 4.20. The number of hydrogen-bond acceptors (Lipinski definition) is 5. The van der Waals surface area contributed by atoms with Gasteiger partial charge in [0, 0.05) is 19.3 Å². The zero-order valence-corrected chi connectivity index (χ0v) is 11.8. The molecule has 0 radical (unpaired) electrons. The fourth-order valence-electron chi connectivity index (χ4n) is 1.79. The van der Waals surface area contributed by atoms with Crippen molar-refractivity contribution in [3.8, 4) is 11.5 Å². The highest BCUT2D eigenvalue weighted by atomic mass is 16.5. The molecule has 1 N–H and O–H groups in total. The Morgan fingerprint density at radius 2 is 1.95 bits per heavy atom. The second kappa shape index (κ2) is 7.45. The van der Waals surface area contributed by atoms with Crippen LogP contribution in [0, 0.1) is 6.92 Å². The van der Waals surface area contributed by atoms with Gasteiger partial charge in [-0.05, 0) is 25.1 Å². The summed E-state index contributed by atoms with van der Waals surface area (Å²) in [6.45, 7) is 3.90. The van der Waals surface area contributed by atoms with E-state index in [0.717, 1.165) is 29.6 Å². The molecule has 0 atom stereocenters. The molecule has 1 heterocycles. The van der Waals surface area contributed by atoms with E-state index >= 15 is 0 Å². The smallest absolute Gasteiger partial charge is 0.161 e. The molecule has 0 aliphatic heterocycles. The lowest BCUT2D eigenvalue weighted by atomic mass is 10.3. The van der Waals surface area contributed by atoms with Crippen LogP contribution in [0.15, 0.2) is 36.5 Å².